The van der Waals surface area contributed by atoms with Crippen LogP contribution in [-0.2, 0) is 10.8 Å². The first-order valence-electron chi connectivity index (χ1n) is 28.7. The predicted molar refractivity (Wildman–Crippen MR) is 329 cm³/mol. The third kappa shape index (κ3) is 6.90. The molecule has 0 N–H and O–H groups in total. The van der Waals surface area contributed by atoms with Gasteiger partial charge in [-0.05, 0) is 193 Å². The molecule has 4 unspecified atom stereocenters. The molecule has 11 aromatic carbocycles. The van der Waals surface area contributed by atoms with E-state index in [4.69, 9.17) is 0 Å². The van der Waals surface area contributed by atoms with E-state index >= 15 is 0 Å². The number of fused-ring (bicyclic) bond motifs is 15. The van der Waals surface area contributed by atoms with E-state index in [9.17, 15) is 0 Å². The van der Waals surface area contributed by atoms with Crippen molar-refractivity contribution in [2.24, 2.45) is 11.8 Å². The molecular formula is C77H60N2. The van der Waals surface area contributed by atoms with Gasteiger partial charge in [0, 0.05) is 39.3 Å². The minimum atomic E-state index is -0.723. The molecule has 2 nitrogen and oxygen atoms in total. The topological polar surface area (TPSA) is 6.48 Å². The third-order valence-electron chi connectivity index (χ3n) is 19.1. The van der Waals surface area contributed by atoms with Gasteiger partial charge in [0.1, 0.15) is 0 Å². The minimum Gasteiger partial charge on any atom is -0.310 e. The molecule has 0 aliphatic heterocycles. The Morgan fingerprint density at radius 2 is 0.848 bits per heavy atom. The monoisotopic (exact) mass is 1010 g/mol. The molecule has 378 valence electrons. The maximum Gasteiger partial charge on any atom is 0.0746 e. The fraction of sp³-hybridized carbons (Fsp3) is 0.143. The quantitative estimate of drug-likeness (QED) is 0.142. The summed E-state index contributed by atoms with van der Waals surface area (Å²) in [5.41, 5.74) is 27.9. The van der Waals surface area contributed by atoms with Crippen LogP contribution >= 0.6 is 0 Å². The van der Waals surface area contributed by atoms with E-state index in [0.29, 0.717) is 5.92 Å². The van der Waals surface area contributed by atoms with Gasteiger partial charge in [0.05, 0.1) is 16.8 Å². The highest BCUT2D eigenvalue weighted by Crippen LogP contribution is 2.67. The maximum atomic E-state index is 2.61. The standard InChI is InChI=1S/C77H60N2/c1-76(2)68-32-18-15-29-60(68)65-47-59(41-42-69(65)76)79(58-27-13-6-14-28-58)74-46-55(51-37-39-53(40-38-51)63-44-50-35-36-54(63)43-50)45-67-62-31-17-20-34-71(62)77(75(67)74)70-33-19-16-30-61(70)66-48-64(52-21-7-3-8-22-52)73(49-72(66)77)78(56-23-9-4-10-24-56)57-25-11-5-12-26-57/h3-34,37-42,45-50,54,63H,35-36,43-44H2,1-2H3. The van der Waals surface area contributed by atoms with Gasteiger partial charge in [-0.15, -0.1) is 0 Å². The maximum absolute atomic E-state index is 2.61. The molecule has 79 heavy (non-hydrogen) atoms. The molecule has 0 heterocycles. The lowest BCUT2D eigenvalue weighted by atomic mass is 9.69. The third-order valence-corrected chi connectivity index (χ3v) is 19.1. The number of hydrogen-bond donors (Lipinski definition) is 0. The number of hydrogen-bond acceptors (Lipinski definition) is 2. The molecule has 2 fully saturated rings. The van der Waals surface area contributed by atoms with Crippen molar-refractivity contribution in [1.29, 1.82) is 0 Å². The van der Waals surface area contributed by atoms with E-state index in [0.717, 1.165) is 40.3 Å². The van der Waals surface area contributed by atoms with Crippen LogP contribution in [0.3, 0.4) is 0 Å². The molecule has 2 heteroatoms. The van der Waals surface area contributed by atoms with Gasteiger partial charge in [0.25, 0.3) is 0 Å². The fourth-order valence-corrected chi connectivity index (χ4v) is 15.7. The van der Waals surface area contributed by atoms with E-state index in [2.05, 4.69) is 285 Å². The summed E-state index contributed by atoms with van der Waals surface area (Å²) in [5, 5.41) is 0. The molecule has 11 aromatic rings. The molecular weight excluding hydrogens is 953 g/mol. The Balaban J connectivity index is 1.02. The summed E-state index contributed by atoms with van der Waals surface area (Å²) in [6.07, 6.45) is 5.54. The summed E-state index contributed by atoms with van der Waals surface area (Å²) in [6.45, 7) is 4.77. The van der Waals surface area contributed by atoms with Gasteiger partial charge in [0.15, 0.2) is 0 Å². The van der Waals surface area contributed by atoms with Crippen LogP contribution in [0.15, 0.2) is 261 Å². The summed E-state index contributed by atoms with van der Waals surface area (Å²) >= 11 is 0. The smallest absolute Gasteiger partial charge is 0.0746 e. The lowest BCUT2D eigenvalue weighted by Crippen LogP contribution is -2.29. The molecule has 1 spiro atoms. The van der Waals surface area contributed by atoms with Gasteiger partial charge in [-0.2, -0.15) is 0 Å². The number of anilines is 6. The van der Waals surface area contributed by atoms with Crippen molar-refractivity contribution in [3.05, 3.63) is 300 Å². The molecule has 0 aromatic heterocycles. The largest absolute Gasteiger partial charge is 0.310 e. The van der Waals surface area contributed by atoms with Crippen molar-refractivity contribution >= 4 is 34.1 Å². The molecule has 0 saturated heterocycles. The van der Waals surface area contributed by atoms with Gasteiger partial charge in [-0.1, -0.05) is 208 Å². The molecule has 2 saturated carbocycles. The normalized spacial score (nSPS) is 19.1. The Kier molecular flexibility index (Phi) is 10.4. The second kappa shape index (κ2) is 17.8. The highest BCUT2D eigenvalue weighted by atomic mass is 15.2. The second-order valence-corrected chi connectivity index (χ2v) is 23.5. The van der Waals surface area contributed by atoms with Crippen LogP contribution in [0, 0.1) is 11.8 Å². The molecule has 5 aliphatic rings. The zero-order valence-electron chi connectivity index (χ0n) is 44.8. The Morgan fingerprint density at radius 1 is 0.329 bits per heavy atom. The number of rotatable bonds is 9. The average Bonchev–Trinajstić information content (AvgIpc) is 3.95. The van der Waals surface area contributed by atoms with Crippen molar-refractivity contribution in [2.45, 2.75) is 56.3 Å². The molecule has 0 amide bonds. The summed E-state index contributed by atoms with van der Waals surface area (Å²) in [6, 6.07) is 99.1. The van der Waals surface area contributed by atoms with Crippen molar-refractivity contribution in [3.63, 3.8) is 0 Å². The van der Waals surface area contributed by atoms with E-state index in [1.165, 1.54) is 126 Å². The Morgan fingerprint density at radius 3 is 1.44 bits per heavy atom. The van der Waals surface area contributed by atoms with Crippen LogP contribution in [0.4, 0.5) is 34.1 Å². The molecule has 5 aliphatic carbocycles. The van der Waals surface area contributed by atoms with Crippen molar-refractivity contribution < 1.29 is 0 Å². The van der Waals surface area contributed by atoms with Gasteiger partial charge >= 0.3 is 0 Å². The first-order chi connectivity index (χ1) is 38.9. The van der Waals surface area contributed by atoms with E-state index in [1.807, 2.05) is 0 Å². The van der Waals surface area contributed by atoms with E-state index in [1.54, 1.807) is 0 Å². The first-order valence-corrected chi connectivity index (χ1v) is 28.7. The van der Waals surface area contributed by atoms with Crippen molar-refractivity contribution in [1.82, 2.24) is 0 Å². The summed E-state index contributed by atoms with van der Waals surface area (Å²) < 4.78 is 0. The van der Waals surface area contributed by atoms with Crippen molar-refractivity contribution in [3.8, 4) is 55.6 Å². The zero-order chi connectivity index (χ0) is 52.4. The lowest BCUT2D eigenvalue weighted by Gasteiger charge is -2.37. The first kappa shape index (κ1) is 46.1. The highest BCUT2D eigenvalue weighted by molar-refractivity contribution is 6.04. The van der Waals surface area contributed by atoms with Crippen LogP contribution in [-0.4, -0.2) is 0 Å². The Labute approximate surface area is 465 Å². The van der Waals surface area contributed by atoms with Crippen LogP contribution in [0.1, 0.15) is 84.4 Å². The number of nitrogens with zero attached hydrogens (tertiary/aromatic N) is 2. The SMILES string of the molecule is CC1(C)c2ccccc2-c2cc(N(c3ccccc3)c3cc(-c4ccc(C5CC6CCC5C6)cc4)cc4c3C3(c5ccccc5-c5cc(-c6ccccc6)c(N(c6ccccc6)c6ccccc6)cc53)c3ccccc3-4)ccc21. The van der Waals surface area contributed by atoms with E-state index in [-0.39, 0.29) is 5.41 Å². The van der Waals surface area contributed by atoms with Crippen molar-refractivity contribution in [2.75, 3.05) is 9.80 Å². The number of para-hydroxylation sites is 3. The van der Waals surface area contributed by atoms with Crippen LogP contribution < -0.4 is 9.80 Å². The van der Waals surface area contributed by atoms with Gasteiger partial charge in [0.2, 0.25) is 0 Å². The molecule has 2 bridgehead atoms. The van der Waals surface area contributed by atoms with Gasteiger partial charge in [-0.25, -0.2) is 0 Å². The summed E-state index contributed by atoms with van der Waals surface area (Å²) in [7, 11) is 0. The Hall–Kier alpha value is -8.98. The minimum absolute atomic E-state index is 0.125. The van der Waals surface area contributed by atoms with Gasteiger partial charge < -0.3 is 9.80 Å². The molecule has 16 rings (SSSR count). The summed E-state index contributed by atoms with van der Waals surface area (Å²) in [5.74, 6) is 2.40. The van der Waals surface area contributed by atoms with Crippen LogP contribution in [0.25, 0.3) is 55.6 Å². The van der Waals surface area contributed by atoms with Gasteiger partial charge in [-0.3, -0.25) is 0 Å². The second-order valence-electron chi connectivity index (χ2n) is 23.5. The van der Waals surface area contributed by atoms with Crippen LogP contribution in [0.5, 0.6) is 0 Å². The highest BCUT2D eigenvalue weighted by Gasteiger charge is 2.54. The summed E-state index contributed by atoms with van der Waals surface area (Å²) in [4.78, 5) is 5.08. The predicted octanol–water partition coefficient (Wildman–Crippen LogP) is 20.5. The van der Waals surface area contributed by atoms with Crippen LogP contribution in [0.2, 0.25) is 0 Å². The average molecular weight is 1010 g/mol. The fourth-order valence-electron chi connectivity index (χ4n) is 15.7. The number of benzene rings is 11. The van der Waals surface area contributed by atoms with E-state index < -0.39 is 5.41 Å². The zero-order valence-corrected chi connectivity index (χ0v) is 44.8. The lowest BCUT2D eigenvalue weighted by molar-refractivity contribution is 0.420. The molecule has 0 radical (unpaired) electrons. The molecule has 4 atom stereocenters. The Bertz CT molecular complexity index is 4140.